The summed E-state index contributed by atoms with van der Waals surface area (Å²) in [6.45, 7) is 7.74. The zero-order valence-electron chi connectivity index (χ0n) is 21.3. The minimum absolute atomic E-state index is 0.00361. The number of Topliss-reactive ketones (excluding diaryl/α,β-unsaturated/α-hetero) is 1. The lowest BCUT2D eigenvalue weighted by molar-refractivity contribution is -0.120. The van der Waals surface area contributed by atoms with E-state index in [4.69, 9.17) is 4.74 Å². The molecule has 0 spiro atoms. The third kappa shape index (κ3) is 8.38. The number of amides is 2. The van der Waals surface area contributed by atoms with Gasteiger partial charge in [0.05, 0.1) is 6.04 Å². The van der Waals surface area contributed by atoms with E-state index in [1.807, 2.05) is 94.4 Å². The number of alkyl carbamates (subject to hydrolysis) is 1. The number of aryl methyl sites for hydroxylation is 1. The highest BCUT2D eigenvalue weighted by atomic mass is 16.5. The van der Waals surface area contributed by atoms with Crippen LogP contribution in [0.25, 0.3) is 0 Å². The average Bonchev–Trinajstić information content (AvgIpc) is 2.83. The van der Waals surface area contributed by atoms with Gasteiger partial charge >= 0.3 is 6.09 Å². The molecular weight excluding hydrogens is 452 g/mol. The fraction of sp³-hybridized carbons (Fsp3) is 0.300. The number of nitrogens with one attached hydrogen (secondary N) is 2. The highest BCUT2D eigenvalue weighted by Crippen LogP contribution is 2.16. The topological polar surface area (TPSA) is 84.5 Å². The summed E-state index contributed by atoms with van der Waals surface area (Å²) in [5.74, 6) is -0.437. The molecule has 0 saturated carbocycles. The van der Waals surface area contributed by atoms with Crippen molar-refractivity contribution in [1.82, 2.24) is 10.6 Å². The predicted octanol–water partition coefficient (Wildman–Crippen LogP) is 5.17. The number of hydrogen-bond acceptors (Lipinski definition) is 4. The van der Waals surface area contributed by atoms with E-state index in [9.17, 15) is 14.4 Å². The molecule has 6 nitrogen and oxygen atoms in total. The molecule has 0 fully saturated rings. The van der Waals surface area contributed by atoms with Gasteiger partial charge in [-0.15, -0.1) is 0 Å². The Morgan fingerprint density at radius 2 is 1.47 bits per heavy atom. The van der Waals surface area contributed by atoms with Crippen molar-refractivity contribution in [2.24, 2.45) is 0 Å². The van der Waals surface area contributed by atoms with E-state index < -0.39 is 17.7 Å². The molecule has 2 N–H and O–H groups in total. The highest BCUT2D eigenvalue weighted by molar-refractivity contribution is 5.98. The minimum Gasteiger partial charge on any atom is -0.445 e. The monoisotopic (exact) mass is 486 g/mol. The molecule has 0 bridgehead atoms. The van der Waals surface area contributed by atoms with Crippen molar-refractivity contribution in [2.75, 3.05) is 0 Å². The molecule has 6 heteroatoms. The van der Waals surface area contributed by atoms with Gasteiger partial charge in [0.1, 0.15) is 6.61 Å². The van der Waals surface area contributed by atoms with Crippen LogP contribution in [0, 0.1) is 6.92 Å². The molecule has 36 heavy (non-hydrogen) atoms. The number of carbonyl (C=O) groups excluding carboxylic acids is 3. The minimum atomic E-state index is -0.810. The zero-order valence-corrected chi connectivity index (χ0v) is 21.3. The molecule has 1 atom stereocenters. The van der Waals surface area contributed by atoms with Crippen LogP contribution in [0.3, 0.4) is 0 Å². The average molecular weight is 487 g/mol. The van der Waals surface area contributed by atoms with Crippen molar-refractivity contribution in [3.63, 3.8) is 0 Å². The van der Waals surface area contributed by atoms with E-state index in [0.29, 0.717) is 17.5 Å². The summed E-state index contributed by atoms with van der Waals surface area (Å²) in [5.41, 5.74) is 3.35. The Morgan fingerprint density at radius 1 is 0.861 bits per heavy atom. The number of hydrogen-bond donors (Lipinski definition) is 2. The lowest BCUT2D eigenvalue weighted by atomic mass is 9.94. The molecule has 0 aliphatic rings. The normalized spacial score (nSPS) is 11.9. The van der Waals surface area contributed by atoms with Gasteiger partial charge in [-0.05, 0) is 56.9 Å². The molecule has 0 aliphatic heterocycles. The third-order valence-electron chi connectivity index (χ3n) is 5.54. The van der Waals surface area contributed by atoms with Gasteiger partial charge in [0.15, 0.2) is 5.78 Å². The van der Waals surface area contributed by atoms with Crippen molar-refractivity contribution >= 4 is 17.8 Å². The van der Waals surface area contributed by atoms with Crippen molar-refractivity contribution in [2.45, 2.75) is 58.7 Å². The molecular formula is C30H34N2O4. The molecule has 3 rings (SSSR count). The van der Waals surface area contributed by atoms with E-state index in [1.54, 1.807) is 12.1 Å². The standard InChI is InChI=1S/C30H34N2O4/c1-21-15-16-24(25(17-21)28(34)32-30(2,3)4)19-27(33)26(18-22-11-7-5-8-12-22)31-29(35)36-20-23-13-9-6-10-14-23/h5-17,26H,18-20H2,1-4H3,(H,31,35)(H,32,34)/t26-/m0/s1. The van der Waals surface area contributed by atoms with Crippen LogP contribution in [-0.2, 0) is 29.0 Å². The number of carbonyl (C=O) groups is 3. The highest BCUT2D eigenvalue weighted by Gasteiger charge is 2.25. The fourth-order valence-corrected chi connectivity index (χ4v) is 3.78. The van der Waals surface area contributed by atoms with E-state index in [2.05, 4.69) is 10.6 Å². The van der Waals surface area contributed by atoms with E-state index in [-0.39, 0.29) is 24.7 Å². The first-order valence-electron chi connectivity index (χ1n) is 12.1. The first-order chi connectivity index (χ1) is 17.1. The Balaban J connectivity index is 1.78. The molecule has 0 aromatic heterocycles. The maximum absolute atomic E-state index is 13.5. The summed E-state index contributed by atoms with van der Waals surface area (Å²) in [6.07, 6.45) is -0.346. The Hall–Kier alpha value is -3.93. The summed E-state index contributed by atoms with van der Waals surface area (Å²) >= 11 is 0. The summed E-state index contributed by atoms with van der Waals surface area (Å²) in [4.78, 5) is 39.0. The number of benzene rings is 3. The van der Waals surface area contributed by atoms with Crippen molar-refractivity contribution in [3.05, 3.63) is 107 Å². The van der Waals surface area contributed by atoms with E-state index >= 15 is 0 Å². The molecule has 0 radical (unpaired) electrons. The van der Waals surface area contributed by atoms with Gasteiger partial charge < -0.3 is 15.4 Å². The Kier molecular flexibility index (Phi) is 9.01. The van der Waals surface area contributed by atoms with Crippen LogP contribution in [0.1, 0.15) is 53.4 Å². The van der Waals surface area contributed by atoms with Gasteiger partial charge in [0.2, 0.25) is 0 Å². The number of ketones is 1. The third-order valence-corrected chi connectivity index (χ3v) is 5.54. The zero-order chi connectivity index (χ0) is 26.1. The van der Waals surface area contributed by atoms with Crippen LogP contribution in [0.5, 0.6) is 0 Å². The molecule has 2 amide bonds. The second kappa shape index (κ2) is 12.2. The molecule has 0 heterocycles. The second-order valence-electron chi connectivity index (χ2n) is 9.96. The molecule has 188 valence electrons. The fourth-order valence-electron chi connectivity index (χ4n) is 3.78. The quantitative estimate of drug-likeness (QED) is 0.437. The van der Waals surface area contributed by atoms with Crippen LogP contribution in [0.15, 0.2) is 78.9 Å². The maximum Gasteiger partial charge on any atom is 0.408 e. The van der Waals surface area contributed by atoms with Gasteiger partial charge in [-0.1, -0.05) is 78.4 Å². The van der Waals surface area contributed by atoms with Gasteiger partial charge in [0.25, 0.3) is 5.91 Å². The summed E-state index contributed by atoms with van der Waals surface area (Å²) < 4.78 is 5.36. The van der Waals surface area contributed by atoms with Crippen LogP contribution in [0.2, 0.25) is 0 Å². The first-order valence-corrected chi connectivity index (χ1v) is 12.1. The van der Waals surface area contributed by atoms with Crippen LogP contribution in [0.4, 0.5) is 4.79 Å². The Bertz CT molecular complexity index is 1180. The Morgan fingerprint density at radius 3 is 2.08 bits per heavy atom. The second-order valence-corrected chi connectivity index (χ2v) is 9.96. The van der Waals surface area contributed by atoms with Gasteiger partial charge in [0, 0.05) is 17.5 Å². The summed E-state index contributed by atoms with van der Waals surface area (Å²) in [6, 6.07) is 23.5. The van der Waals surface area contributed by atoms with Crippen LogP contribution >= 0.6 is 0 Å². The van der Waals surface area contributed by atoms with Crippen molar-refractivity contribution in [3.8, 4) is 0 Å². The molecule has 0 aliphatic carbocycles. The maximum atomic E-state index is 13.5. The lowest BCUT2D eigenvalue weighted by Crippen LogP contribution is -2.44. The number of ether oxygens (including phenoxy) is 1. The van der Waals surface area contributed by atoms with E-state index in [0.717, 1.165) is 16.7 Å². The van der Waals surface area contributed by atoms with Crippen LogP contribution in [-0.4, -0.2) is 29.4 Å². The van der Waals surface area contributed by atoms with E-state index in [1.165, 1.54) is 0 Å². The first kappa shape index (κ1) is 26.7. The molecule has 0 unspecified atom stereocenters. The SMILES string of the molecule is Cc1ccc(CC(=O)[C@H](Cc2ccccc2)NC(=O)OCc2ccccc2)c(C(=O)NC(C)(C)C)c1. The number of rotatable bonds is 9. The van der Waals surface area contributed by atoms with Gasteiger partial charge in [-0.25, -0.2) is 4.79 Å². The van der Waals surface area contributed by atoms with Crippen LogP contribution < -0.4 is 10.6 Å². The largest absolute Gasteiger partial charge is 0.445 e. The Labute approximate surface area is 213 Å². The van der Waals surface area contributed by atoms with Crippen molar-refractivity contribution in [1.29, 1.82) is 0 Å². The predicted molar refractivity (Wildman–Crippen MR) is 141 cm³/mol. The summed E-state index contributed by atoms with van der Waals surface area (Å²) in [5, 5.41) is 5.71. The molecule has 0 saturated heterocycles. The molecule has 3 aromatic carbocycles. The lowest BCUT2D eigenvalue weighted by Gasteiger charge is -2.22. The molecule has 3 aromatic rings. The van der Waals surface area contributed by atoms with Crippen molar-refractivity contribution < 1.29 is 19.1 Å². The van der Waals surface area contributed by atoms with Gasteiger partial charge in [-0.2, -0.15) is 0 Å². The smallest absolute Gasteiger partial charge is 0.408 e. The summed E-state index contributed by atoms with van der Waals surface area (Å²) in [7, 11) is 0. The van der Waals surface area contributed by atoms with Gasteiger partial charge in [-0.3, -0.25) is 9.59 Å².